The summed E-state index contributed by atoms with van der Waals surface area (Å²) in [4.78, 5) is 14.8. The van der Waals surface area contributed by atoms with Crippen molar-refractivity contribution in [3.05, 3.63) is 63.6 Å². The Hall–Kier alpha value is -1.63. The number of nitrogens with zero attached hydrogens (tertiary/aromatic N) is 1. The number of hydrogen-bond donors (Lipinski definition) is 0. The van der Waals surface area contributed by atoms with Gasteiger partial charge in [-0.15, -0.1) is 0 Å². The van der Waals surface area contributed by atoms with Crippen LogP contribution in [0.2, 0.25) is 0 Å². The Balaban J connectivity index is 1.61. The molecule has 0 unspecified atom stereocenters. The van der Waals surface area contributed by atoms with Gasteiger partial charge in [0.15, 0.2) is 0 Å². The second-order valence-electron chi connectivity index (χ2n) is 8.27. The summed E-state index contributed by atoms with van der Waals surface area (Å²) in [6, 6.07) is 14.0. The van der Waals surface area contributed by atoms with E-state index in [4.69, 9.17) is 9.31 Å². The van der Waals surface area contributed by atoms with E-state index in [-0.39, 0.29) is 5.91 Å². The van der Waals surface area contributed by atoms with E-state index in [9.17, 15) is 4.79 Å². The molecule has 2 heterocycles. The number of hydrogen-bond acceptors (Lipinski definition) is 3. The predicted molar refractivity (Wildman–Crippen MR) is 110 cm³/mol. The molecular weight excluding hydrogens is 405 g/mol. The van der Waals surface area contributed by atoms with Gasteiger partial charge >= 0.3 is 7.12 Å². The van der Waals surface area contributed by atoms with Crippen LogP contribution in [0.4, 0.5) is 0 Å². The maximum Gasteiger partial charge on any atom is 0.496 e. The average molecular weight is 428 g/mol. The van der Waals surface area contributed by atoms with Crippen molar-refractivity contribution in [3.63, 3.8) is 0 Å². The average Bonchev–Trinajstić information content (AvgIpc) is 3.00. The summed E-state index contributed by atoms with van der Waals surface area (Å²) in [6.45, 7) is 9.34. The molecule has 1 saturated heterocycles. The normalized spacial score (nSPS) is 20.3. The Kier molecular flexibility index (Phi) is 4.49. The molecule has 0 aromatic heterocycles. The first kappa shape index (κ1) is 18.7. The number of carbonyl (C=O) groups is 1. The molecule has 140 valence electrons. The molecule has 4 nitrogen and oxygen atoms in total. The SMILES string of the molecule is CC1(C)OB(c2cc3c(cc2Br)CN(Cc2ccccc2)C3=O)OC1(C)C. The van der Waals surface area contributed by atoms with Crippen molar-refractivity contribution < 1.29 is 14.1 Å². The molecule has 2 aromatic carbocycles. The quantitative estimate of drug-likeness (QED) is 0.697. The zero-order valence-corrected chi connectivity index (χ0v) is 17.7. The summed E-state index contributed by atoms with van der Waals surface area (Å²) in [5, 5.41) is 0. The highest BCUT2D eigenvalue weighted by molar-refractivity contribution is 9.10. The second-order valence-corrected chi connectivity index (χ2v) is 9.12. The lowest BCUT2D eigenvalue weighted by Crippen LogP contribution is -2.41. The molecule has 1 amide bonds. The van der Waals surface area contributed by atoms with Gasteiger partial charge < -0.3 is 14.2 Å². The molecule has 0 bridgehead atoms. The minimum absolute atomic E-state index is 0.0547. The van der Waals surface area contributed by atoms with Crippen LogP contribution in [0.3, 0.4) is 0 Å². The predicted octanol–water partition coefficient (Wildman–Crippen LogP) is 3.90. The number of amides is 1. The van der Waals surface area contributed by atoms with Crippen LogP contribution in [0.25, 0.3) is 0 Å². The molecule has 0 spiro atoms. The van der Waals surface area contributed by atoms with E-state index < -0.39 is 18.3 Å². The van der Waals surface area contributed by atoms with Crippen LogP contribution in [0.1, 0.15) is 49.2 Å². The first-order chi connectivity index (χ1) is 12.7. The molecule has 2 aromatic rings. The van der Waals surface area contributed by atoms with Gasteiger partial charge in [0.25, 0.3) is 5.91 Å². The van der Waals surface area contributed by atoms with Crippen molar-refractivity contribution in [1.82, 2.24) is 4.90 Å². The monoisotopic (exact) mass is 427 g/mol. The van der Waals surface area contributed by atoms with E-state index in [0.717, 1.165) is 26.6 Å². The van der Waals surface area contributed by atoms with E-state index in [2.05, 4.69) is 15.9 Å². The van der Waals surface area contributed by atoms with E-state index >= 15 is 0 Å². The molecule has 2 aliphatic heterocycles. The molecular formula is C21H23BBrNO3. The largest absolute Gasteiger partial charge is 0.496 e. The first-order valence-electron chi connectivity index (χ1n) is 9.19. The molecule has 0 N–H and O–H groups in total. The van der Waals surface area contributed by atoms with Crippen molar-refractivity contribution in [2.45, 2.75) is 52.0 Å². The number of fused-ring (bicyclic) bond motifs is 1. The summed E-state index contributed by atoms with van der Waals surface area (Å²) >= 11 is 3.65. The second kappa shape index (κ2) is 6.47. The number of benzene rings is 2. The van der Waals surface area contributed by atoms with Crippen molar-refractivity contribution in [3.8, 4) is 0 Å². The third-order valence-corrected chi connectivity index (χ3v) is 6.51. The van der Waals surface area contributed by atoms with E-state index in [0.29, 0.717) is 13.1 Å². The molecule has 4 rings (SSSR count). The smallest absolute Gasteiger partial charge is 0.399 e. The van der Waals surface area contributed by atoms with Gasteiger partial charge in [-0.2, -0.15) is 0 Å². The van der Waals surface area contributed by atoms with Crippen molar-refractivity contribution in [2.75, 3.05) is 0 Å². The van der Waals surface area contributed by atoms with Crippen molar-refractivity contribution in [1.29, 1.82) is 0 Å². The van der Waals surface area contributed by atoms with Crippen LogP contribution in [-0.2, 0) is 22.4 Å². The minimum Gasteiger partial charge on any atom is -0.399 e. The van der Waals surface area contributed by atoms with Crippen molar-refractivity contribution in [2.24, 2.45) is 0 Å². The van der Waals surface area contributed by atoms with E-state index in [1.807, 2.05) is 75.1 Å². The fraction of sp³-hybridized carbons (Fsp3) is 0.381. The maximum absolute atomic E-state index is 13.0. The highest BCUT2D eigenvalue weighted by Gasteiger charge is 2.52. The summed E-state index contributed by atoms with van der Waals surface area (Å²) in [5.74, 6) is 0.0547. The van der Waals surface area contributed by atoms with Crippen LogP contribution >= 0.6 is 15.9 Å². The van der Waals surface area contributed by atoms with Gasteiger partial charge in [-0.1, -0.05) is 46.3 Å². The van der Waals surface area contributed by atoms with E-state index in [1.165, 1.54) is 0 Å². The molecule has 1 fully saturated rings. The fourth-order valence-corrected chi connectivity index (χ4v) is 4.07. The van der Waals surface area contributed by atoms with Crippen LogP contribution < -0.4 is 5.46 Å². The third kappa shape index (κ3) is 3.24. The third-order valence-electron chi connectivity index (χ3n) is 5.82. The Labute approximate surface area is 169 Å². The number of halogens is 1. The summed E-state index contributed by atoms with van der Waals surface area (Å²) < 4.78 is 13.3. The van der Waals surface area contributed by atoms with Gasteiger partial charge in [-0.3, -0.25) is 4.79 Å². The van der Waals surface area contributed by atoms with Crippen LogP contribution in [-0.4, -0.2) is 29.1 Å². The molecule has 27 heavy (non-hydrogen) atoms. The van der Waals surface area contributed by atoms with Gasteiger partial charge in [0.2, 0.25) is 0 Å². The van der Waals surface area contributed by atoms with Crippen LogP contribution in [0.15, 0.2) is 46.9 Å². The minimum atomic E-state index is -0.495. The van der Waals surface area contributed by atoms with Gasteiger partial charge in [0.05, 0.1) is 11.2 Å². The molecule has 2 aliphatic rings. The lowest BCUT2D eigenvalue weighted by atomic mass is 9.78. The Bertz CT molecular complexity index is 882. The zero-order chi connectivity index (χ0) is 19.4. The molecule has 6 heteroatoms. The van der Waals surface area contributed by atoms with Gasteiger partial charge in [-0.05, 0) is 56.4 Å². The molecule has 0 saturated carbocycles. The highest BCUT2D eigenvalue weighted by Crippen LogP contribution is 2.37. The van der Waals surface area contributed by atoms with Gasteiger partial charge in [0.1, 0.15) is 0 Å². The molecule has 0 aliphatic carbocycles. The number of rotatable bonds is 3. The Morgan fingerprint density at radius 3 is 2.33 bits per heavy atom. The van der Waals surface area contributed by atoms with Crippen molar-refractivity contribution >= 4 is 34.4 Å². The lowest BCUT2D eigenvalue weighted by Gasteiger charge is -2.32. The Morgan fingerprint density at radius 2 is 1.70 bits per heavy atom. The maximum atomic E-state index is 13.0. The van der Waals surface area contributed by atoms with E-state index in [1.54, 1.807) is 0 Å². The highest BCUT2D eigenvalue weighted by atomic mass is 79.9. The summed E-state index contributed by atoms with van der Waals surface area (Å²) in [6.07, 6.45) is 0. The standard InChI is InChI=1S/C21H23BBrNO3/c1-20(2)21(3,4)27-22(26-20)17-11-16-15(10-18(17)23)13-24(19(16)25)12-14-8-6-5-7-9-14/h5-11H,12-13H2,1-4H3. The first-order valence-corrected chi connectivity index (χ1v) is 9.98. The topological polar surface area (TPSA) is 38.8 Å². The van der Waals surface area contributed by atoms with Gasteiger partial charge in [-0.25, -0.2) is 0 Å². The zero-order valence-electron chi connectivity index (χ0n) is 16.1. The number of carbonyl (C=O) groups excluding carboxylic acids is 1. The molecule has 0 atom stereocenters. The van der Waals surface area contributed by atoms with Crippen LogP contribution in [0.5, 0.6) is 0 Å². The Morgan fingerprint density at radius 1 is 1.07 bits per heavy atom. The molecule has 0 radical (unpaired) electrons. The van der Waals surface area contributed by atoms with Crippen LogP contribution in [0, 0.1) is 0 Å². The lowest BCUT2D eigenvalue weighted by molar-refractivity contribution is 0.00578. The fourth-order valence-electron chi connectivity index (χ4n) is 3.49. The summed E-state index contributed by atoms with van der Waals surface area (Å²) in [7, 11) is -0.495. The summed E-state index contributed by atoms with van der Waals surface area (Å²) in [5.41, 5.74) is 2.92. The van der Waals surface area contributed by atoms with Gasteiger partial charge in [0, 0.05) is 23.1 Å².